The summed E-state index contributed by atoms with van der Waals surface area (Å²) < 4.78 is 5.13. The second-order valence-electron chi connectivity index (χ2n) is 4.25. The van der Waals surface area contributed by atoms with Crippen molar-refractivity contribution in [3.63, 3.8) is 0 Å². The lowest BCUT2D eigenvalue weighted by atomic mass is 9.83. The molecule has 2 atom stereocenters. The Hall–Kier alpha value is -0.520. The summed E-state index contributed by atoms with van der Waals surface area (Å²) in [6.07, 6.45) is 8.37. The van der Waals surface area contributed by atoms with E-state index in [9.17, 15) is 4.79 Å². The lowest BCUT2D eigenvalue weighted by Gasteiger charge is -2.32. The molecular formula is C12H16INO2. The van der Waals surface area contributed by atoms with Gasteiger partial charge in [0.2, 0.25) is 0 Å². The van der Waals surface area contributed by atoms with Gasteiger partial charge in [-0.15, -0.1) is 0 Å². The number of amides is 1. The SMILES string of the molecule is COC(=O)N[C@H]1CC2=C(CC=CC2)C[C@@H]1I. The van der Waals surface area contributed by atoms with E-state index < -0.39 is 0 Å². The molecule has 16 heavy (non-hydrogen) atoms. The van der Waals surface area contributed by atoms with Gasteiger partial charge in [-0.3, -0.25) is 0 Å². The molecule has 1 amide bonds. The zero-order valence-corrected chi connectivity index (χ0v) is 11.5. The molecule has 0 bridgehead atoms. The van der Waals surface area contributed by atoms with Gasteiger partial charge in [-0.25, -0.2) is 4.79 Å². The van der Waals surface area contributed by atoms with E-state index >= 15 is 0 Å². The molecule has 0 aromatic heterocycles. The van der Waals surface area contributed by atoms with Crippen LogP contribution < -0.4 is 5.32 Å². The topological polar surface area (TPSA) is 38.3 Å². The maximum absolute atomic E-state index is 11.2. The summed E-state index contributed by atoms with van der Waals surface area (Å²) in [7, 11) is 1.41. The van der Waals surface area contributed by atoms with E-state index in [4.69, 9.17) is 0 Å². The first kappa shape index (κ1) is 12.0. The summed E-state index contributed by atoms with van der Waals surface area (Å²) >= 11 is 2.43. The number of nitrogens with one attached hydrogen (secondary N) is 1. The van der Waals surface area contributed by atoms with E-state index in [1.54, 1.807) is 5.57 Å². The fraction of sp³-hybridized carbons (Fsp3) is 0.583. The summed E-state index contributed by atoms with van der Waals surface area (Å²) in [6, 6.07) is 0.221. The summed E-state index contributed by atoms with van der Waals surface area (Å²) in [4.78, 5) is 11.2. The Morgan fingerprint density at radius 2 is 2.00 bits per heavy atom. The minimum Gasteiger partial charge on any atom is -0.453 e. The molecule has 3 nitrogen and oxygen atoms in total. The smallest absolute Gasteiger partial charge is 0.407 e. The van der Waals surface area contributed by atoms with Gasteiger partial charge in [-0.1, -0.05) is 45.9 Å². The Kier molecular flexibility index (Phi) is 3.89. The first-order valence-electron chi connectivity index (χ1n) is 5.54. The molecule has 0 unspecified atom stereocenters. The lowest BCUT2D eigenvalue weighted by molar-refractivity contribution is 0.166. The molecule has 0 radical (unpaired) electrons. The number of allylic oxidation sites excluding steroid dienone is 3. The van der Waals surface area contributed by atoms with Gasteiger partial charge in [0.1, 0.15) is 0 Å². The fourth-order valence-corrected chi connectivity index (χ4v) is 3.28. The van der Waals surface area contributed by atoms with Crippen LogP contribution in [0.5, 0.6) is 0 Å². The third-order valence-corrected chi connectivity index (χ3v) is 4.54. The number of halogens is 1. The van der Waals surface area contributed by atoms with Crippen molar-refractivity contribution in [2.45, 2.75) is 35.6 Å². The maximum Gasteiger partial charge on any atom is 0.407 e. The van der Waals surface area contributed by atoms with Gasteiger partial charge in [0, 0.05) is 9.97 Å². The quantitative estimate of drug-likeness (QED) is 0.455. The second-order valence-corrected chi connectivity index (χ2v) is 5.85. The number of hydrogen-bond donors (Lipinski definition) is 1. The first-order chi connectivity index (χ1) is 7.70. The van der Waals surface area contributed by atoms with E-state index in [1.807, 2.05) is 0 Å². The van der Waals surface area contributed by atoms with Crippen LogP contribution in [0.25, 0.3) is 0 Å². The zero-order valence-electron chi connectivity index (χ0n) is 9.33. The van der Waals surface area contributed by atoms with Crippen molar-refractivity contribution >= 4 is 28.7 Å². The van der Waals surface area contributed by atoms with Crippen LogP contribution >= 0.6 is 22.6 Å². The largest absolute Gasteiger partial charge is 0.453 e. The number of rotatable bonds is 1. The number of ether oxygens (including phenoxy) is 1. The molecule has 0 saturated carbocycles. The number of hydrogen-bond acceptors (Lipinski definition) is 2. The second kappa shape index (κ2) is 5.21. The van der Waals surface area contributed by atoms with Crippen molar-refractivity contribution in [3.8, 4) is 0 Å². The van der Waals surface area contributed by atoms with Crippen LogP contribution in [0.4, 0.5) is 4.79 Å². The van der Waals surface area contributed by atoms with E-state index in [0.717, 1.165) is 25.7 Å². The predicted octanol–water partition coefficient (Wildman–Crippen LogP) is 2.96. The average molecular weight is 333 g/mol. The monoisotopic (exact) mass is 333 g/mol. The molecule has 0 aromatic rings. The Labute approximate surface area is 109 Å². The summed E-state index contributed by atoms with van der Waals surface area (Å²) in [5.74, 6) is 0. The van der Waals surface area contributed by atoms with Crippen LogP contribution in [0, 0.1) is 0 Å². The first-order valence-corrected chi connectivity index (χ1v) is 6.78. The molecule has 0 aromatic carbocycles. The molecule has 4 heteroatoms. The molecule has 0 spiro atoms. The summed E-state index contributed by atoms with van der Waals surface area (Å²) in [6.45, 7) is 0. The van der Waals surface area contributed by atoms with Crippen molar-refractivity contribution in [2.24, 2.45) is 0 Å². The minimum atomic E-state index is -0.318. The highest BCUT2D eigenvalue weighted by Gasteiger charge is 2.29. The van der Waals surface area contributed by atoms with Crippen LogP contribution in [-0.2, 0) is 4.74 Å². The van der Waals surface area contributed by atoms with Gasteiger partial charge in [-0.05, 0) is 25.7 Å². The van der Waals surface area contributed by atoms with Gasteiger partial charge >= 0.3 is 6.09 Å². The third kappa shape index (κ3) is 2.59. The van der Waals surface area contributed by atoms with Crippen molar-refractivity contribution in [1.82, 2.24) is 5.32 Å². The zero-order chi connectivity index (χ0) is 11.5. The molecule has 0 fully saturated rings. The number of alkyl halides is 1. The van der Waals surface area contributed by atoms with Gasteiger partial charge in [0.25, 0.3) is 0 Å². The van der Waals surface area contributed by atoms with Crippen molar-refractivity contribution in [2.75, 3.05) is 7.11 Å². The Morgan fingerprint density at radius 1 is 1.38 bits per heavy atom. The Balaban J connectivity index is 2.02. The van der Waals surface area contributed by atoms with Gasteiger partial charge in [0.05, 0.1) is 7.11 Å². The molecular weight excluding hydrogens is 317 g/mol. The summed E-state index contributed by atoms with van der Waals surface area (Å²) in [5, 5.41) is 2.92. The molecule has 2 aliphatic carbocycles. The van der Waals surface area contributed by atoms with Gasteiger partial charge in [0.15, 0.2) is 0 Å². The number of carbonyl (C=O) groups is 1. The van der Waals surface area contributed by atoms with Crippen LogP contribution in [0.15, 0.2) is 23.3 Å². The van der Waals surface area contributed by atoms with Crippen molar-refractivity contribution < 1.29 is 9.53 Å². The lowest BCUT2D eigenvalue weighted by Crippen LogP contribution is -2.43. The third-order valence-electron chi connectivity index (χ3n) is 3.23. The molecule has 2 aliphatic rings. The molecule has 1 N–H and O–H groups in total. The predicted molar refractivity (Wildman–Crippen MR) is 71.8 cm³/mol. The molecule has 0 heterocycles. The molecule has 0 saturated heterocycles. The highest BCUT2D eigenvalue weighted by Crippen LogP contribution is 2.35. The maximum atomic E-state index is 11.2. The highest BCUT2D eigenvalue weighted by atomic mass is 127. The van der Waals surface area contributed by atoms with Crippen molar-refractivity contribution in [1.29, 1.82) is 0 Å². The van der Waals surface area contributed by atoms with Crippen LogP contribution in [-0.4, -0.2) is 23.2 Å². The minimum absolute atomic E-state index is 0.221. The number of carbonyl (C=O) groups excluding carboxylic acids is 1. The summed E-state index contributed by atoms with van der Waals surface area (Å²) in [5.41, 5.74) is 3.08. The number of alkyl carbamates (subject to hydrolysis) is 1. The van der Waals surface area contributed by atoms with Crippen molar-refractivity contribution in [3.05, 3.63) is 23.3 Å². The van der Waals surface area contributed by atoms with Gasteiger partial charge < -0.3 is 10.1 Å². The Morgan fingerprint density at radius 3 is 2.62 bits per heavy atom. The van der Waals surface area contributed by atoms with E-state index in [2.05, 4.69) is 44.8 Å². The number of methoxy groups -OCH3 is 1. The average Bonchev–Trinajstić information content (AvgIpc) is 2.30. The normalized spacial score (nSPS) is 28.6. The molecule has 88 valence electrons. The van der Waals surface area contributed by atoms with E-state index in [-0.39, 0.29) is 12.1 Å². The van der Waals surface area contributed by atoms with E-state index in [0.29, 0.717) is 3.92 Å². The van der Waals surface area contributed by atoms with Crippen LogP contribution in [0.3, 0.4) is 0 Å². The van der Waals surface area contributed by atoms with E-state index in [1.165, 1.54) is 12.7 Å². The standard InChI is InChI=1S/C12H16INO2/c1-16-12(15)14-11-7-9-5-3-2-4-8(9)6-10(11)13/h2-3,10-11H,4-7H2,1H3,(H,14,15)/t10-,11-/m0/s1. The van der Waals surface area contributed by atoms with Crippen LogP contribution in [0.1, 0.15) is 25.7 Å². The molecule has 0 aliphatic heterocycles. The fourth-order valence-electron chi connectivity index (χ4n) is 2.32. The Bertz CT molecular complexity index is 349. The highest BCUT2D eigenvalue weighted by molar-refractivity contribution is 14.1. The molecule has 2 rings (SSSR count). The van der Waals surface area contributed by atoms with Gasteiger partial charge in [-0.2, -0.15) is 0 Å². The van der Waals surface area contributed by atoms with Crippen LogP contribution in [0.2, 0.25) is 0 Å².